The standard InChI is InChI=1S/C10H13BrN2O2S/c11-9-7-12-4-3-10(9)13-6-8-2-1-5-16(8,14)15/h3-4,7-8H,1-2,5-6H2,(H,12,13). The Morgan fingerprint density at radius 3 is 3.00 bits per heavy atom. The number of hydrogen-bond donors (Lipinski definition) is 1. The van der Waals surface area contributed by atoms with Crippen molar-refractivity contribution < 1.29 is 8.42 Å². The van der Waals surface area contributed by atoms with Crippen molar-refractivity contribution in [1.82, 2.24) is 4.98 Å². The number of aromatic nitrogens is 1. The summed E-state index contributed by atoms with van der Waals surface area (Å²) in [7, 11) is -2.86. The molecule has 2 rings (SSSR count). The summed E-state index contributed by atoms with van der Waals surface area (Å²) < 4.78 is 24.1. The second kappa shape index (κ2) is 4.71. The Hall–Kier alpha value is -0.620. The van der Waals surface area contributed by atoms with Crippen LogP contribution in [0.25, 0.3) is 0 Å². The molecule has 0 aliphatic carbocycles. The average molecular weight is 305 g/mol. The zero-order valence-electron chi connectivity index (χ0n) is 8.69. The zero-order valence-corrected chi connectivity index (χ0v) is 11.1. The van der Waals surface area contributed by atoms with Crippen molar-refractivity contribution >= 4 is 31.5 Å². The molecule has 1 aromatic rings. The molecule has 0 amide bonds. The summed E-state index contributed by atoms with van der Waals surface area (Å²) in [5.41, 5.74) is 0.886. The van der Waals surface area contributed by atoms with Crippen molar-refractivity contribution in [2.24, 2.45) is 0 Å². The third-order valence-electron chi connectivity index (χ3n) is 2.76. The Kier molecular flexibility index (Phi) is 3.49. The first-order valence-electron chi connectivity index (χ1n) is 5.14. The lowest BCUT2D eigenvalue weighted by Crippen LogP contribution is -2.25. The summed E-state index contributed by atoms with van der Waals surface area (Å²) in [4.78, 5) is 3.95. The molecule has 4 nitrogen and oxygen atoms in total. The van der Waals surface area contributed by atoms with E-state index in [0.29, 0.717) is 12.3 Å². The van der Waals surface area contributed by atoms with Crippen LogP contribution >= 0.6 is 15.9 Å². The van der Waals surface area contributed by atoms with Gasteiger partial charge in [0.05, 0.1) is 21.2 Å². The fraction of sp³-hybridized carbons (Fsp3) is 0.500. The van der Waals surface area contributed by atoms with E-state index >= 15 is 0 Å². The van der Waals surface area contributed by atoms with Crippen LogP contribution in [-0.4, -0.2) is 30.9 Å². The van der Waals surface area contributed by atoms with Gasteiger partial charge in [0, 0.05) is 18.9 Å². The van der Waals surface area contributed by atoms with Crippen molar-refractivity contribution in [3.05, 3.63) is 22.9 Å². The molecule has 1 aromatic heterocycles. The molecule has 0 saturated carbocycles. The van der Waals surface area contributed by atoms with Gasteiger partial charge in [-0.3, -0.25) is 4.98 Å². The van der Waals surface area contributed by atoms with Crippen LogP contribution in [0.5, 0.6) is 0 Å². The molecule has 1 atom stereocenters. The van der Waals surface area contributed by atoms with Gasteiger partial charge >= 0.3 is 0 Å². The molecule has 1 aliphatic rings. The fourth-order valence-corrected chi connectivity index (χ4v) is 3.99. The maximum atomic E-state index is 11.6. The van der Waals surface area contributed by atoms with Crippen LogP contribution in [-0.2, 0) is 9.84 Å². The van der Waals surface area contributed by atoms with E-state index in [1.54, 1.807) is 12.4 Å². The number of pyridine rings is 1. The lowest BCUT2D eigenvalue weighted by Gasteiger charge is -2.12. The van der Waals surface area contributed by atoms with Crippen LogP contribution in [0.2, 0.25) is 0 Å². The summed E-state index contributed by atoms with van der Waals surface area (Å²) in [5, 5.41) is 2.90. The van der Waals surface area contributed by atoms with Crippen molar-refractivity contribution in [2.45, 2.75) is 18.1 Å². The molecule has 0 spiro atoms. The highest BCUT2D eigenvalue weighted by Crippen LogP contribution is 2.23. The molecule has 1 fully saturated rings. The molecule has 0 radical (unpaired) electrons. The van der Waals surface area contributed by atoms with E-state index in [-0.39, 0.29) is 5.25 Å². The quantitative estimate of drug-likeness (QED) is 0.925. The van der Waals surface area contributed by atoms with Crippen molar-refractivity contribution in [1.29, 1.82) is 0 Å². The molecule has 1 aliphatic heterocycles. The van der Waals surface area contributed by atoms with Gasteiger partial charge in [0.1, 0.15) is 0 Å². The van der Waals surface area contributed by atoms with Gasteiger partial charge in [-0.25, -0.2) is 8.42 Å². The van der Waals surface area contributed by atoms with Crippen molar-refractivity contribution in [3.63, 3.8) is 0 Å². The smallest absolute Gasteiger partial charge is 0.154 e. The Labute approximate surface area is 104 Å². The second-order valence-corrected chi connectivity index (χ2v) is 7.12. The first kappa shape index (κ1) is 11.9. The Morgan fingerprint density at radius 1 is 1.56 bits per heavy atom. The molecular weight excluding hydrogens is 292 g/mol. The molecule has 2 heterocycles. The van der Waals surface area contributed by atoms with Gasteiger partial charge in [0.25, 0.3) is 0 Å². The number of rotatable bonds is 3. The van der Waals surface area contributed by atoms with E-state index in [1.807, 2.05) is 6.07 Å². The lowest BCUT2D eigenvalue weighted by molar-refractivity contribution is 0.591. The van der Waals surface area contributed by atoms with E-state index in [9.17, 15) is 8.42 Å². The number of hydrogen-bond acceptors (Lipinski definition) is 4. The van der Waals surface area contributed by atoms with E-state index in [2.05, 4.69) is 26.2 Å². The minimum absolute atomic E-state index is 0.243. The monoisotopic (exact) mass is 304 g/mol. The number of nitrogens with zero attached hydrogens (tertiary/aromatic N) is 1. The maximum absolute atomic E-state index is 11.6. The Balaban J connectivity index is 2.01. The molecule has 0 aromatic carbocycles. The summed E-state index contributed by atoms with van der Waals surface area (Å²) in [6, 6.07) is 1.83. The number of nitrogens with one attached hydrogen (secondary N) is 1. The van der Waals surface area contributed by atoms with Crippen LogP contribution in [0.4, 0.5) is 5.69 Å². The third-order valence-corrected chi connectivity index (χ3v) is 5.66. The lowest BCUT2D eigenvalue weighted by atomic mass is 10.2. The maximum Gasteiger partial charge on any atom is 0.154 e. The molecule has 6 heteroatoms. The predicted molar refractivity (Wildman–Crippen MR) is 67.2 cm³/mol. The minimum Gasteiger partial charge on any atom is -0.383 e. The van der Waals surface area contributed by atoms with Crippen LogP contribution < -0.4 is 5.32 Å². The summed E-state index contributed by atoms with van der Waals surface area (Å²) >= 11 is 3.36. The zero-order chi connectivity index (χ0) is 11.6. The largest absolute Gasteiger partial charge is 0.383 e. The van der Waals surface area contributed by atoms with Gasteiger partial charge in [-0.2, -0.15) is 0 Å². The highest BCUT2D eigenvalue weighted by molar-refractivity contribution is 9.10. The molecular formula is C10H13BrN2O2S. The minimum atomic E-state index is -2.86. The number of sulfone groups is 1. The summed E-state index contributed by atoms with van der Waals surface area (Å²) in [5.74, 6) is 0.330. The highest BCUT2D eigenvalue weighted by atomic mass is 79.9. The van der Waals surface area contributed by atoms with Gasteiger partial charge < -0.3 is 5.32 Å². The van der Waals surface area contributed by atoms with E-state index in [1.165, 1.54) is 0 Å². The van der Waals surface area contributed by atoms with Gasteiger partial charge in [0.2, 0.25) is 0 Å². The first-order valence-corrected chi connectivity index (χ1v) is 7.65. The molecule has 1 N–H and O–H groups in total. The van der Waals surface area contributed by atoms with E-state index in [4.69, 9.17) is 0 Å². The topological polar surface area (TPSA) is 59.1 Å². The Morgan fingerprint density at radius 2 is 2.38 bits per heavy atom. The highest BCUT2D eigenvalue weighted by Gasteiger charge is 2.30. The predicted octanol–water partition coefficient (Wildman–Crippen LogP) is 1.83. The Bertz CT molecular complexity index is 475. The number of halogens is 1. The van der Waals surface area contributed by atoms with Gasteiger partial charge in [-0.05, 0) is 34.8 Å². The molecule has 1 saturated heterocycles. The van der Waals surface area contributed by atoms with E-state index in [0.717, 1.165) is 23.0 Å². The van der Waals surface area contributed by atoms with Crippen LogP contribution in [0.15, 0.2) is 22.9 Å². The molecule has 0 bridgehead atoms. The third kappa shape index (κ3) is 2.55. The van der Waals surface area contributed by atoms with E-state index < -0.39 is 9.84 Å². The van der Waals surface area contributed by atoms with Gasteiger partial charge in [0.15, 0.2) is 9.84 Å². The number of anilines is 1. The fourth-order valence-electron chi connectivity index (χ4n) is 1.83. The second-order valence-electron chi connectivity index (χ2n) is 3.87. The van der Waals surface area contributed by atoms with Crippen LogP contribution in [0.1, 0.15) is 12.8 Å². The molecule has 16 heavy (non-hydrogen) atoms. The van der Waals surface area contributed by atoms with Crippen molar-refractivity contribution in [3.8, 4) is 0 Å². The van der Waals surface area contributed by atoms with Crippen LogP contribution in [0.3, 0.4) is 0 Å². The first-order chi connectivity index (χ1) is 7.59. The van der Waals surface area contributed by atoms with Crippen molar-refractivity contribution in [2.75, 3.05) is 17.6 Å². The normalized spacial score (nSPS) is 23.2. The SMILES string of the molecule is O=S1(=O)CCCC1CNc1ccncc1Br. The van der Waals surface area contributed by atoms with Gasteiger partial charge in [-0.15, -0.1) is 0 Å². The summed E-state index contributed by atoms with van der Waals surface area (Å²) in [6.45, 7) is 0.477. The summed E-state index contributed by atoms with van der Waals surface area (Å²) in [6.07, 6.45) is 4.91. The molecule has 1 unspecified atom stereocenters. The average Bonchev–Trinajstić information content (AvgIpc) is 2.57. The van der Waals surface area contributed by atoms with Crippen LogP contribution in [0, 0.1) is 0 Å². The molecule has 88 valence electrons. The van der Waals surface area contributed by atoms with Gasteiger partial charge in [-0.1, -0.05) is 0 Å².